The van der Waals surface area contributed by atoms with E-state index in [-0.39, 0.29) is 17.9 Å². The molecule has 0 fully saturated rings. The minimum atomic E-state index is -0.226. The van der Waals surface area contributed by atoms with Gasteiger partial charge in [-0.25, -0.2) is 4.39 Å². The van der Waals surface area contributed by atoms with E-state index in [2.05, 4.69) is 11.4 Å². The molecule has 0 heterocycles. The van der Waals surface area contributed by atoms with Crippen molar-refractivity contribution < 1.29 is 4.39 Å². The Morgan fingerprint density at radius 1 is 1.10 bits per heavy atom. The van der Waals surface area contributed by atoms with Gasteiger partial charge in [-0.3, -0.25) is 0 Å². The van der Waals surface area contributed by atoms with Gasteiger partial charge in [0.1, 0.15) is 5.82 Å². The van der Waals surface area contributed by atoms with Crippen LogP contribution in [0.1, 0.15) is 36.6 Å². The van der Waals surface area contributed by atoms with Crippen LogP contribution in [-0.4, -0.2) is 0 Å². The van der Waals surface area contributed by atoms with Crippen LogP contribution in [0.3, 0.4) is 0 Å². The molecule has 0 aliphatic rings. The molecule has 0 bridgehead atoms. The first-order valence-corrected chi connectivity index (χ1v) is 6.64. The number of halogens is 1. The second-order valence-electron chi connectivity index (χ2n) is 4.74. The summed E-state index contributed by atoms with van der Waals surface area (Å²) in [6.45, 7) is 1.91. The molecule has 0 aromatic heterocycles. The van der Waals surface area contributed by atoms with Gasteiger partial charge in [-0.05, 0) is 18.6 Å². The average molecular weight is 268 g/mol. The van der Waals surface area contributed by atoms with Gasteiger partial charge in [-0.15, -0.1) is 0 Å². The lowest BCUT2D eigenvalue weighted by Gasteiger charge is -2.22. The van der Waals surface area contributed by atoms with E-state index in [1.165, 1.54) is 6.07 Å². The highest BCUT2D eigenvalue weighted by molar-refractivity contribution is 5.24. The van der Waals surface area contributed by atoms with Crippen molar-refractivity contribution in [2.75, 3.05) is 0 Å². The Labute approximate surface area is 118 Å². The van der Waals surface area contributed by atoms with E-state index < -0.39 is 0 Å². The van der Waals surface area contributed by atoms with Crippen molar-refractivity contribution in [2.24, 2.45) is 0 Å². The molecule has 2 aromatic rings. The molecule has 0 aliphatic carbocycles. The SMILES string of the molecule is C[C@@H](NC(CC#N)c1ccccc1)c1ccccc1F. The average Bonchev–Trinajstić information content (AvgIpc) is 2.48. The zero-order chi connectivity index (χ0) is 14.4. The second kappa shape index (κ2) is 6.83. The molecule has 2 rings (SSSR count). The molecule has 102 valence electrons. The van der Waals surface area contributed by atoms with Gasteiger partial charge < -0.3 is 5.32 Å². The van der Waals surface area contributed by atoms with Crippen LogP contribution in [0, 0.1) is 17.1 Å². The van der Waals surface area contributed by atoms with Crippen LogP contribution < -0.4 is 5.32 Å². The van der Waals surface area contributed by atoms with Crippen molar-refractivity contribution in [3.63, 3.8) is 0 Å². The fourth-order valence-corrected chi connectivity index (χ4v) is 2.27. The molecular formula is C17H17FN2. The topological polar surface area (TPSA) is 35.8 Å². The van der Waals surface area contributed by atoms with E-state index in [4.69, 9.17) is 5.26 Å². The van der Waals surface area contributed by atoms with Gasteiger partial charge in [0.15, 0.2) is 0 Å². The third-order valence-electron chi connectivity index (χ3n) is 3.32. The largest absolute Gasteiger partial charge is 0.302 e. The van der Waals surface area contributed by atoms with E-state index in [1.807, 2.05) is 43.3 Å². The summed E-state index contributed by atoms with van der Waals surface area (Å²) < 4.78 is 13.8. The van der Waals surface area contributed by atoms with Crippen LogP contribution >= 0.6 is 0 Å². The lowest BCUT2D eigenvalue weighted by atomic mass is 10.0. The zero-order valence-electron chi connectivity index (χ0n) is 11.4. The molecule has 20 heavy (non-hydrogen) atoms. The summed E-state index contributed by atoms with van der Waals surface area (Å²) in [6, 6.07) is 18.4. The molecule has 2 aromatic carbocycles. The molecule has 0 saturated carbocycles. The van der Waals surface area contributed by atoms with E-state index >= 15 is 0 Å². The van der Waals surface area contributed by atoms with Gasteiger partial charge in [-0.2, -0.15) is 5.26 Å². The van der Waals surface area contributed by atoms with Gasteiger partial charge in [0.05, 0.1) is 12.5 Å². The predicted octanol–water partition coefficient (Wildman–Crippen LogP) is 4.13. The molecule has 3 heteroatoms. The maximum atomic E-state index is 13.8. The molecule has 0 amide bonds. The van der Waals surface area contributed by atoms with Gasteiger partial charge in [0.2, 0.25) is 0 Å². The number of hydrogen-bond donors (Lipinski definition) is 1. The molecule has 0 radical (unpaired) electrons. The van der Waals surface area contributed by atoms with Crippen molar-refractivity contribution >= 4 is 0 Å². The summed E-state index contributed by atoms with van der Waals surface area (Å²) >= 11 is 0. The minimum absolute atomic E-state index is 0.101. The van der Waals surface area contributed by atoms with Crippen molar-refractivity contribution in [3.05, 3.63) is 71.5 Å². The number of benzene rings is 2. The third-order valence-corrected chi connectivity index (χ3v) is 3.32. The number of nitriles is 1. The van der Waals surface area contributed by atoms with Crippen molar-refractivity contribution in [2.45, 2.75) is 25.4 Å². The zero-order valence-corrected chi connectivity index (χ0v) is 11.4. The fourth-order valence-electron chi connectivity index (χ4n) is 2.27. The predicted molar refractivity (Wildman–Crippen MR) is 77.4 cm³/mol. The normalized spacial score (nSPS) is 13.4. The molecule has 2 nitrogen and oxygen atoms in total. The molecule has 0 spiro atoms. The van der Waals surface area contributed by atoms with Crippen LogP contribution in [0.5, 0.6) is 0 Å². The molecule has 1 N–H and O–H groups in total. The van der Waals surface area contributed by atoms with Crippen molar-refractivity contribution in [1.82, 2.24) is 5.32 Å². The van der Waals surface area contributed by atoms with Gasteiger partial charge in [-0.1, -0.05) is 48.5 Å². The summed E-state index contributed by atoms with van der Waals surface area (Å²) in [5, 5.41) is 12.3. The van der Waals surface area contributed by atoms with Crippen LogP contribution in [-0.2, 0) is 0 Å². The summed E-state index contributed by atoms with van der Waals surface area (Å²) in [4.78, 5) is 0. The first-order valence-electron chi connectivity index (χ1n) is 6.64. The van der Waals surface area contributed by atoms with Crippen LogP contribution in [0.15, 0.2) is 54.6 Å². The maximum absolute atomic E-state index is 13.8. The summed E-state index contributed by atoms with van der Waals surface area (Å²) in [5.74, 6) is -0.226. The minimum Gasteiger partial charge on any atom is -0.302 e. The Kier molecular flexibility index (Phi) is 4.86. The third kappa shape index (κ3) is 3.43. The smallest absolute Gasteiger partial charge is 0.127 e. The highest BCUT2D eigenvalue weighted by Gasteiger charge is 2.16. The highest BCUT2D eigenvalue weighted by atomic mass is 19.1. The Bertz CT molecular complexity index is 589. The Balaban J connectivity index is 2.17. The van der Waals surface area contributed by atoms with Crippen LogP contribution in [0.25, 0.3) is 0 Å². The first-order chi connectivity index (χ1) is 9.72. The van der Waals surface area contributed by atoms with Crippen LogP contribution in [0.4, 0.5) is 4.39 Å². The maximum Gasteiger partial charge on any atom is 0.127 e. The molecular weight excluding hydrogens is 251 g/mol. The standard InChI is InChI=1S/C17H17FN2/c1-13(15-9-5-6-10-16(15)18)20-17(11-12-19)14-7-3-2-4-8-14/h2-10,13,17,20H,11H2,1H3/t13-,17?/m1/s1. The van der Waals surface area contributed by atoms with Crippen LogP contribution in [0.2, 0.25) is 0 Å². The fraction of sp³-hybridized carbons (Fsp3) is 0.235. The summed E-state index contributed by atoms with van der Waals surface area (Å²) in [5.41, 5.74) is 1.66. The number of hydrogen-bond acceptors (Lipinski definition) is 2. The number of nitrogens with zero attached hydrogens (tertiary/aromatic N) is 1. The molecule has 0 saturated heterocycles. The number of nitrogens with one attached hydrogen (secondary N) is 1. The van der Waals surface area contributed by atoms with Crippen molar-refractivity contribution in [1.29, 1.82) is 5.26 Å². The Morgan fingerprint density at radius 3 is 2.40 bits per heavy atom. The lowest BCUT2D eigenvalue weighted by Crippen LogP contribution is -2.25. The second-order valence-corrected chi connectivity index (χ2v) is 4.74. The van der Waals surface area contributed by atoms with E-state index in [0.717, 1.165) is 5.56 Å². The Hall–Kier alpha value is -2.18. The van der Waals surface area contributed by atoms with Gasteiger partial charge in [0.25, 0.3) is 0 Å². The highest BCUT2D eigenvalue weighted by Crippen LogP contribution is 2.23. The Morgan fingerprint density at radius 2 is 1.75 bits per heavy atom. The molecule has 0 aliphatic heterocycles. The van der Waals surface area contributed by atoms with Gasteiger partial charge in [0, 0.05) is 17.6 Å². The monoisotopic (exact) mass is 268 g/mol. The van der Waals surface area contributed by atoms with E-state index in [9.17, 15) is 4.39 Å². The molecule has 2 atom stereocenters. The quantitative estimate of drug-likeness (QED) is 0.885. The lowest BCUT2D eigenvalue weighted by molar-refractivity contribution is 0.456. The molecule has 1 unspecified atom stereocenters. The number of rotatable bonds is 5. The van der Waals surface area contributed by atoms with Crippen molar-refractivity contribution in [3.8, 4) is 6.07 Å². The summed E-state index contributed by atoms with van der Waals surface area (Å²) in [7, 11) is 0. The summed E-state index contributed by atoms with van der Waals surface area (Å²) in [6.07, 6.45) is 0.350. The van der Waals surface area contributed by atoms with E-state index in [0.29, 0.717) is 12.0 Å². The van der Waals surface area contributed by atoms with Gasteiger partial charge >= 0.3 is 0 Å². The first kappa shape index (κ1) is 14.2. The van der Waals surface area contributed by atoms with E-state index in [1.54, 1.807) is 12.1 Å².